The Morgan fingerprint density at radius 1 is 0.975 bits per heavy atom. The highest BCUT2D eigenvalue weighted by Gasteiger charge is 2.36. The Hall–Kier alpha value is -3.28. The molecule has 0 bridgehead atoms. The van der Waals surface area contributed by atoms with Crippen LogP contribution in [0.1, 0.15) is 25.0 Å². The number of benzene rings is 3. The number of rotatable bonds is 10. The third-order valence-electron chi connectivity index (χ3n) is 5.91. The summed E-state index contributed by atoms with van der Waals surface area (Å²) in [5.41, 5.74) is -1.14. The molecule has 0 aliphatic rings. The number of nitrogens with one attached hydrogen (secondary N) is 1. The third kappa shape index (κ3) is 7.47. The number of halogens is 5. The quantitative estimate of drug-likeness (QED) is 0.314. The van der Waals surface area contributed by atoms with E-state index in [1.54, 1.807) is 37.3 Å². The van der Waals surface area contributed by atoms with E-state index in [-0.39, 0.29) is 18.0 Å². The summed E-state index contributed by atoms with van der Waals surface area (Å²) in [4.78, 5) is 27.4. The molecule has 214 valence electrons. The highest BCUT2D eigenvalue weighted by molar-refractivity contribution is 7.92. The molecule has 3 aromatic rings. The second-order valence-electron chi connectivity index (χ2n) is 8.71. The standard InChI is InChI=1S/C27H26Cl2F3N3O4S/c1-3-33-26(37)18(2)34(16-19-8-7-9-20(28)14-19)25(36)17-35(40(38,39)22-10-5-4-6-11-22)21-12-13-24(29)23(15-21)27(30,31)32/h4-15,18H,3,16-17H2,1-2H3,(H,33,37). The Labute approximate surface area is 240 Å². The molecule has 7 nitrogen and oxygen atoms in total. The van der Waals surface area contributed by atoms with E-state index >= 15 is 0 Å². The van der Waals surface area contributed by atoms with E-state index in [1.165, 1.54) is 31.2 Å². The van der Waals surface area contributed by atoms with Crippen molar-refractivity contribution in [1.82, 2.24) is 10.2 Å². The molecule has 40 heavy (non-hydrogen) atoms. The van der Waals surface area contributed by atoms with Crippen molar-refractivity contribution in [3.05, 3.63) is 94.0 Å². The normalized spacial score (nSPS) is 12.5. The maximum absolute atomic E-state index is 13.8. The summed E-state index contributed by atoms with van der Waals surface area (Å²) in [6.45, 7) is 2.42. The number of carbonyl (C=O) groups excluding carboxylic acids is 2. The molecule has 0 saturated carbocycles. The van der Waals surface area contributed by atoms with Crippen LogP contribution in [0.25, 0.3) is 0 Å². The van der Waals surface area contributed by atoms with E-state index < -0.39 is 56.9 Å². The maximum Gasteiger partial charge on any atom is 0.417 e. The minimum Gasteiger partial charge on any atom is -0.355 e. The molecule has 0 aliphatic carbocycles. The lowest BCUT2D eigenvalue weighted by Crippen LogP contribution is -2.51. The lowest BCUT2D eigenvalue weighted by Gasteiger charge is -2.32. The van der Waals surface area contributed by atoms with Gasteiger partial charge in [0.2, 0.25) is 11.8 Å². The molecular formula is C27H26Cl2F3N3O4S. The van der Waals surface area contributed by atoms with E-state index in [0.29, 0.717) is 21.0 Å². The van der Waals surface area contributed by atoms with Crippen LogP contribution in [0.2, 0.25) is 10.0 Å². The number of hydrogen-bond donors (Lipinski definition) is 1. The fourth-order valence-electron chi connectivity index (χ4n) is 3.87. The minimum absolute atomic E-state index is 0.120. The van der Waals surface area contributed by atoms with Crippen molar-refractivity contribution >= 4 is 50.7 Å². The maximum atomic E-state index is 13.8. The Morgan fingerprint density at radius 3 is 2.25 bits per heavy atom. The number of amides is 2. The zero-order valence-electron chi connectivity index (χ0n) is 21.5. The van der Waals surface area contributed by atoms with Gasteiger partial charge in [-0.15, -0.1) is 0 Å². The average Bonchev–Trinajstić information content (AvgIpc) is 2.90. The van der Waals surface area contributed by atoms with Crippen LogP contribution in [0, 0.1) is 0 Å². The van der Waals surface area contributed by atoms with Crippen molar-refractivity contribution < 1.29 is 31.2 Å². The molecule has 0 saturated heterocycles. The first kappa shape index (κ1) is 31.3. The second-order valence-corrected chi connectivity index (χ2v) is 11.4. The Morgan fingerprint density at radius 2 is 1.65 bits per heavy atom. The van der Waals surface area contributed by atoms with Crippen molar-refractivity contribution in [2.45, 2.75) is 37.5 Å². The fraction of sp³-hybridized carbons (Fsp3) is 0.259. The number of hydrogen-bond acceptors (Lipinski definition) is 4. The molecule has 0 heterocycles. The van der Waals surface area contributed by atoms with Crippen LogP contribution in [-0.2, 0) is 32.3 Å². The lowest BCUT2D eigenvalue weighted by atomic mass is 10.1. The highest BCUT2D eigenvalue weighted by Crippen LogP contribution is 2.38. The zero-order valence-corrected chi connectivity index (χ0v) is 23.8. The minimum atomic E-state index is -4.88. The largest absolute Gasteiger partial charge is 0.417 e. The van der Waals surface area contributed by atoms with Gasteiger partial charge in [-0.2, -0.15) is 13.2 Å². The second kappa shape index (κ2) is 12.9. The van der Waals surface area contributed by atoms with E-state index in [1.807, 2.05) is 0 Å². The number of sulfonamides is 1. The van der Waals surface area contributed by atoms with Crippen LogP contribution >= 0.6 is 23.2 Å². The predicted octanol–water partition coefficient (Wildman–Crippen LogP) is 5.76. The molecule has 2 amide bonds. The van der Waals surface area contributed by atoms with Gasteiger partial charge in [-0.1, -0.05) is 53.5 Å². The van der Waals surface area contributed by atoms with Gasteiger partial charge in [-0.25, -0.2) is 8.42 Å². The molecule has 0 aliphatic heterocycles. The van der Waals surface area contributed by atoms with Crippen molar-refractivity contribution in [1.29, 1.82) is 0 Å². The van der Waals surface area contributed by atoms with E-state index in [4.69, 9.17) is 23.2 Å². The van der Waals surface area contributed by atoms with Crippen LogP contribution in [-0.4, -0.2) is 44.3 Å². The van der Waals surface area contributed by atoms with Gasteiger partial charge < -0.3 is 10.2 Å². The molecule has 0 fully saturated rings. The fourth-order valence-corrected chi connectivity index (χ4v) is 5.74. The molecule has 13 heteroatoms. The molecule has 0 aromatic heterocycles. The van der Waals surface area contributed by atoms with Crippen molar-refractivity contribution in [3.8, 4) is 0 Å². The summed E-state index contributed by atoms with van der Waals surface area (Å²) in [5.74, 6) is -1.33. The van der Waals surface area contributed by atoms with Gasteiger partial charge in [-0.05, 0) is 61.9 Å². The van der Waals surface area contributed by atoms with Gasteiger partial charge >= 0.3 is 6.18 Å². The van der Waals surface area contributed by atoms with Crippen LogP contribution in [0.4, 0.5) is 18.9 Å². The Kier molecular flexibility index (Phi) is 10.1. The highest BCUT2D eigenvalue weighted by atomic mass is 35.5. The van der Waals surface area contributed by atoms with Crippen LogP contribution in [0.15, 0.2) is 77.7 Å². The Balaban J connectivity index is 2.11. The summed E-state index contributed by atoms with van der Waals surface area (Å²) < 4.78 is 68.9. The number of likely N-dealkylation sites (N-methyl/N-ethyl adjacent to an activating group) is 1. The molecule has 1 unspecified atom stereocenters. The summed E-state index contributed by atoms with van der Waals surface area (Å²) >= 11 is 11.8. The molecule has 0 spiro atoms. The molecule has 1 atom stereocenters. The summed E-state index contributed by atoms with van der Waals surface area (Å²) in [6, 6.07) is 15.0. The van der Waals surface area contributed by atoms with Gasteiger partial charge in [0.15, 0.2) is 0 Å². The van der Waals surface area contributed by atoms with E-state index in [9.17, 15) is 31.2 Å². The van der Waals surface area contributed by atoms with Gasteiger partial charge in [0.1, 0.15) is 12.6 Å². The van der Waals surface area contributed by atoms with E-state index in [2.05, 4.69) is 5.32 Å². The third-order valence-corrected chi connectivity index (χ3v) is 8.27. The van der Waals surface area contributed by atoms with Gasteiger partial charge in [0.25, 0.3) is 10.0 Å². The average molecular weight is 616 g/mol. The van der Waals surface area contributed by atoms with Crippen LogP contribution in [0.3, 0.4) is 0 Å². The topological polar surface area (TPSA) is 86.8 Å². The smallest absolute Gasteiger partial charge is 0.355 e. The SMILES string of the molecule is CCNC(=O)C(C)N(Cc1cccc(Cl)c1)C(=O)CN(c1ccc(Cl)c(C(F)(F)F)c1)S(=O)(=O)c1ccccc1. The molecule has 1 N–H and O–H groups in total. The molecule has 3 rings (SSSR count). The van der Waals surface area contributed by atoms with Crippen molar-refractivity contribution in [2.24, 2.45) is 0 Å². The van der Waals surface area contributed by atoms with Gasteiger partial charge in [0.05, 0.1) is 21.2 Å². The molecule has 3 aromatic carbocycles. The summed E-state index contributed by atoms with van der Waals surface area (Å²) in [5, 5.41) is 2.37. The summed E-state index contributed by atoms with van der Waals surface area (Å²) in [7, 11) is -4.54. The van der Waals surface area contributed by atoms with Crippen molar-refractivity contribution in [2.75, 3.05) is 17.4 Å². The lowest BCUT2D eigenvalue weighted by molar-refractivity contribution is -0.139. The first-order valence-corrected chi connectivity index (χ1v) is 14.2. The van der Waals surface area contributed by atoms with Gasteiger partial charge in [0, 0.05) is 18.1 Å². The predicted molar refractivity (Wildman–Crippen MR) is 148 cm³/mol. The van der Waals surface area contributed by atoms with E-state index in [0.717, 1.165) is 17.0 Å². The number of alkyl halides is 3. The monoisotopic (exact) mass is 615 g/mol. The summed E-state index contributed by atoms with van der Waals surface area (Å²) in [6.07, 6.45) is -4.88. The number of carbonyl (C=O) groups is 2. The van der Waals surface area contributed by atoms with Crippen LogP contribution in [0.5, 0.6) is 0 Å². The van der Waals surface area contributed by atoms with Gasteiger partial charge in [-0.3, -0.25) is 13.9 Å². The molecular weight excluding hydrogens is 590 g/mol. The first-order valence-electron chi connectivity index (χ1n) is 12.0. The molecule has 0 radical (unpaired) electrons. The number of anilines is 1. The number of nitrogens with zero attached hydrogens (tertiary/aromatic N) is 2. The van der Waals surface area contributed by atoms with Crippen molar-refractivity contribution in [3.63, 3.8) is 0 Å². The first-order chi connectivity index (χ1) is 18.8. The Bertz CT molecular complexity index is 1470. The van der Waals surface area contributed by atoms with Crippen LogP contribution < -0.4 is 9.62 Å². The zero-order chi connectivity index (χ0) is 29.7.